The van der Waals surface area contributed by atoms with E-state index in [1.54, 1.807) is 13.8 Å². The van der Waals surface area contributed by atoms with Crippen molar-refractivity contribution < 1.29 is 17.9 Å². The van der Waals surface area contributed by atoms with Crippen LogP contribution in [0.15, 0.2) is 0 Å². The minimum Gasteiger partial charge on any atom is -0.447 e. The fourth-order valence-corrected chi connectivity index (χ4v) is 3.74. The van der Waals surface area contributed by atoms with Gasteiger partial charge in [0, 0.05) is 0 Å². The molecule has 1 aliphatic rings. The predicted octanol–water partition coefficient (Wildman–Crippen LogP) is 1.09. The molecule has 0 aromatic carbocycles. The van der Waals surface area contributed by atoms with Crippen LogP contribution < -0.4 is 5.32 Å². The number of hydrogen-bond donors (Lipinski definition) is 1. The van der Waals surface area contributed by atoms with E-state index >= 15 is 0 Å². The first kappa shape index (κ1) is 13.3. The van der Waals surface area contributed by atoms with E-state index in [1.165, 1.54) is 0 Å². The molecule has 1 rings (SSSR count). The zero-order valence-corrected chi connectivity index (χ0v) is 10.8. The average molecular weight is 249 g/mol. The fraction of sp³-hybridized carbons (Fsp3) is 0.900. The molecule has 1 N–H and O–H groups in total. The molecule has 1 fully saturated rings. The van der Waals surface area contributed by atoms with Crippen molar-refractivity contribution in [3.05, 3.63) is 0 Å². The molecule has 0 radical (unpaired) electrons. The lowest BCUT2D eigenvalue weighted by atomic mass is 10.0. The molecule has 1 heterocycles. The lowest BCUT2D eigenvalue weighted by Gasteiger charge is -2.24. The number of nitrogens with one attached hydrogen (secondary N) is 1. The topological polar surface area (TPSA) is 72.5 Å². The Morgan fingerprint density at radius 2 is 2.19 bits per heavy atom. The van der Waals surface area contributed by atoms with Crippen LogP contribution in [0.25, 0.3) is 0 Å². The molecule has 6 heteroatoms. The maximum Gasteiger partial charge on any atom is 0.407 e. The number of ether oxygens (including phenoxy) is 1. The van der Waals surface area contributed by atoms with Crippen LogP contribution >= 0.6 is 0 Å². The second kappa shape index (κ2) is 4.61. The molecule has 2 atom stereocenters. The Labute approximate surface area is 96.5 Å². The molecule has 0 unspecified atom stereocenters. The summed E-state index contributed by atoms with van der Waals surface area (Å²) in [4.78, 5) is 11.5. The lowest BCUT2D eigenvalue weighted by Crippen LogP contribution is -2.47. The molecule has 16 heavy (non-hydrogen) atoms. The van der Waals surface area contributed by atoms with Crippen molar-refractivity contribution in [2.24, 2.45) is 0 Å². The van der Waals surface area contributed by atoms with Gasteiger partial charge < -0.3 is 10.1 Å². The first-order chi connectivity index (χ1) is 7.26. The van der Waals surface area contributed by atoms with Gasteiger partial charge in [-0.3, -0.25) is 0 Å². The molecule has 1 aliphatic heterocycles. The minimum atomic E-state index is -3.00. The van der Waals surface area contributed by atoms with Gasteiger partial charge in [0.15, 0.2) is 9.84 Å². The third-order valence-electron chi connectivity index (χ3n) is 2.79. The van der Waals surface area contributed by atoms with Crippen LogP contribution in [0.2, 0.25) is 0 Å². The monoisotopic (exact) mass is 249 g/mol. The summed E-state index contributed by atoms with van der Waals surface area (Å²) >= 11 is 0. The van der Waals surface area contributed by atoms with Gasteiger partial charge >= 0.3 is 6.09 Å². The van der Waals surface area contributed by atoms with Crippen molar-refractivity contribution in [2.75, 3.05) is 11.5 Å². The molecule has 0 bridgehead atoms. The number of hydrogen-bond acceptors (Lipinski definition) is 4. The minimum absolute atomic E-state index is 0.00436. The van der Waals surface area contributed by atoms with E-state index in [0.717, 1.165) is 6.42 Å². The Balaban J connectivity index is 2.52. The Kier molecular flexibility index (Phi) is 3.83. The van der Waals surface area contributed by atoms with Gasteiger partial charge in [-0.15, -0.1) is 0 Å². The molecule has 0 spiro atoms. The summed E-state index contributed by atoms with van der Waals surface area (Å²) in [7, 11) is -3.00. The van der Waals surface area contributed by atoms with Gasteiger partial charge in [-0.1, -0.05) is 6.92 Å². The summed E-state index contributed by atoms with van der Waals surface area (Å²) in [6, 6.07) is 0. The standard InChI is InChI=1S/C10H19NO4S/c1-4-8(2)15-9(12)11-10(3)5-6-16(13,14)7-10/h8H,4-7H2,1-3H3,(H,11,12)/t8-,10-/m1/s1. The van der Waals surface area contributed by atoms with Crippen LogP contribution in [0.4, 0.5) is 4.79 Å². The number of carbonyl (C=O) groups is 1. The van der Waals surface area contributed by atoms with E-state index in [0.29, 0.717) is 6.42 Å². The summed E-state index contributed by atoms with van der Waals surface area (Å²) in [5, 5.41) is 2.64. The Morgan fingerprint density at radius 3 is 2.62 bits per heavy atom. The molecule has 94 valence electrons. The second-order valence-electron chi connectivity index (χ2n) is 4.65. The van der Waals surface area contributed by atoms with Crippen LogP contribution in [-0.4, -0.2) is 37.7 Å². The summed E-state index contributed by atoms with van der Waals surface area (Å²) < 4.78 is 27.7. The summed E-state index contributed by atoms with van der Waals surface area (Å²) in [6.45, 7) is 5.45. The highest BCUT2D eigenvalue weighted by molar-refractivity contribution is 7.91. The SMILES string of the molecule is CC[C@@H](C)OC(=O)N[C@]1(C)CCS(=O)(=O)C1. The van der Waals surface area contributed by atoms with Gasteiger partial charge in [-0.25, -0.2) is 13.2 Å². The molecule has 1 saturated heterocycles. The number of sulfone groups is 1. The largest absolute Gasteiger partial charge is 0.447 e. The maximum absolute atomic E-state index is 11.5. The Bertz CT molecular complexity index is 365. The Hall–Kier alpha value is -0.780. The normalized spacial score (nSPS) is 29.7. The van der Waals surface area contributed by atoms with E-state index in [2.05, 4.69) is 5.32 Å². The first-order valence-electron chi connectivity index (χ1n) is 5.45. The van der Waals surface area contributed by atoms with E-state index in [9.17, 15) is 13.2 Å². The van der Waals surface area contributed by atoms with Gasteiger partial charge in [0.25, 0.3) is 0 Å². The summed E-state index contributed by atoms with van der Waals surface area (Å²) in [5.74, 6) is 0.128. The lowest BCUT2D eigenvalue weighted by molar-refractivity contribution is 0.0972. The third-order valence-corrected chi connectivity index (χ3v) is 4.69. The van der Waals surface area contributed by atoms with Gasteiger partial charge in [0.2, 0.25) is 0 Å². The van der Waals surface area contributed by atoms with Gasteiger partial charge in [0.05, 0.1) is 17.0 Å². The average Bonchev–Trinajstić information content (AvgIpc) is 2.39. The molecular weight excluding hydrogens is 230 g/mol. The van der Waals surface area contributed by atoms with Crippen molar-refractivity contribution >= 4 is 15.9 Å². The quantitative estimate of drug-likeness (QED) is 0.812. The highest BCUT2D eigenvalue weighted by atomic mass is 32.2. The molecule has 0 aromatic rings. The van der Waals surface area contributed by atoms with Gasteiger partial charge in [-0.2, -0.15) is 0 Å². The molecule has 0 aliphatic carbocycles. The van der Waals surface area contributed by atoms with Crippen molar-refractivity contribution in [1.29, 1.82) is 0 Å². The zero-order valence-electron chi connectivity index (χ0n) is 9.95. The van der Waals surface area contributed by atoms with Crippen LogP contribution in [-0.2, 0) is 14.6 Å². The van der Waals surface area contributed by atoms with E-state index in [4.69, 9.17) is 4.74 Å². The summed E-state index contributed by atoms with van der Waals surface area (Å²) in [5.41, 5.74) is -0.677. The van der Waals surface area contributed by atoms with Gasteiger partial charge in [0.1, 0.15) is 6.10 Å². The molecule has 1 amide bonds. The second-order valence-corrected chi connectivity index (χ2v) is 6.84. The number of carbonyl (C=O) groups excluding carboxylic acids is 1. The number of alkyl carbamates (subject to hydrolysis) is 1. The van der Waals surface area contributed by atoms with Crippen LogP contribution in [0, 0.1) is 0 Å². The number of rotatable bonds is 3. The molecule has 0 aromatic heterocycles. The van der Waals surface area contributed by atoms with Crippen molar-refractivity contribution in [3.63, 3.8) is 0 Å². The van der Waals surface area contributed by atoms with Crippen LogP contribution in [0.5, 0.6) is 0 Å². The van der Waals surface area contributed by atoms with E-state index in [-0.39, 0.29) is 17.6 Å². The number of amides is 1. The third kappa shape index (κ3) is 3.66. The predicted molar refractivity (Wildman–Crippen MR) is 61.0 cm³/mol. The van der Waals surface area contributed by atoms with Crippen LogP contribution in [0.3, 0.4) is 0 Å². The maximum atomic E-state index is 11.5. The van der Waals surface area contributed by atoms with E-state index < -0.39 is 21.5 Å². The summed E-state index contributed by atoms with van der Waals surface area (Å²) in [6.07, 6.45) is 0.503. The highest BCUT2D eigenvalue weighted by Gasteiger charge is 2.39. The fourth-order valence-electron chi connectivity index (χ4n) is 1.65. The van der Waals surface area contributed by atoms with E-state index in [1.807, 2.05) is 6.92 Å². The van der Waals surface area contributed by atoms with Crippen LogP contribution in [0.1, 0.15) is 33.6 Å². The smallest absolute Gasteiger partial charge is 0.407 e. The molecule has 5 nitrogen and oxygen atoms in total. The van der Waals surface area contributed by atoms with Gasteiger partial charge in [-0.05, 0) is 26.7 Å². The Morgan fingerprint density at radius 1 is 1.56 bits per heavy atom. The van der Waals surface area contributed by atoms with Crippen molar-refractivity contribution in [2.45, 2.75) is 45.3 Å². The first-order valence-corrected chi connectivity index (χ1v) is 7.28. The molecule has 0 saturated carbocycles. The highest BCUT2D eigenvalue weighted by Crippen LogP contribution is 2.22. The van der Waals surface area contributed by atoms with Crippen molar-refractivity contribution in [1.82, 2.24) is 5.32 Å². The zero-order chi connectivity index (χ0) is 12.4. The molecular formula is C10H19NO4S. The van der Waals surface area contributed by atoms with Crippen molar-refractivity contribution in [3.8, 4) is 0 Å².